The fraction of sp³-hybridized carbons (Fsp3) is 0.360. The highest BCUT2D eigenvalue weighted by Crippen LogP contribution is 2.33. The Hall–Kier alpha value is -3.53. The van der Waals surface area contributed by atoms with Crippen molar-refractivity contribution in [3.63, 3.8) is 0 Å². The van der Waals surface area contributed by atoms with Gasteiger partial charge >= 0.3 is 0 Å². The summed E-state index contributed by atoms with van der Waals surface area (Å²) >= 11 is 1.32. The molecule has 0 aliphatic carbocycles. The minimum atomic E-state index is -0.365. The minimum absolute atomic E-state index is 0.0601. The van der Waals surface area contributed by atoms with Crippen LogP contribution in [0, 0.1) is 12.8 Å². The molecule has 0 spiro atoms. The van der Waals surface area contributed by atoms with Gasteiger partial charge in [0, 0.05) is 17.8 Å². The van der Waals surface area contributed by atoms with Crippen molar-refractivity contribution in [2.45, 2.75) is 45.4 Å². The topological polar surface area (TPSA) is 107 Å². The SMILES string of the molecule is CCn1c(SCC(=O)Nc2cccc(C)c2)nnc1C(NC(=O)c1ccc2c(c1)OCO2)C(C)C. The largest absolute Gasteiger partial charge is 0.454 e. The van der Waals surface area contributed by atoms with Gasteiger partial charge in [-0.05, 0) is 55.7 Å². The number of rotatable bonds is 9. The number of amides is 2. The van der Waals surface area contributed by atoms with Gasteiger partial charge in [0.15, 0.2) is 22.5 Å². The van der Waals surface area contributed by atoms with Crippen LogP contribution in [0.4, 0.5) is 5.69 Å². The Bertz CT molecular complexity index is 1230. The summed E-state index contributed by atoms with van der Waals surface area (Å²) in [7, 11) is 0. The smallest absolute Gasteiger partial charge is 0.252 e. The van der Waals surface area contributed by atoms with Crippen LogP contribution in [0.2, 0.25) is 0 Å². The third-order valence-corrected chi connectivity index (χ3v) is 6.53. The van der Waals surface area contributed by atoms with E-state index in [1.54, 1.807) is 18.2 Å². The number of thioether (sulfide) groups is 1. The van der Waals surface area contributed by atoms with Crippen LogP contribution in [0.15, 0.2) is 47.6 Å². The van der Waals surface area contributed by atoms with E-state index in [9.17, 15) is 9.59 Å². The number of carbonyl (C=O) groups excluding carboxylic acids is 2. The van der Waals surface area contributed by atoms with Crippen LogP contribution in [0.25, 0.3) is 0 Å². The summed E-state index contributed by atoms with van der Waals surface area (Å²) in [6.45, 7) is 8.75. The lowest BCUT2D eigenvalue weighted by Crippen LogP contribution is -2.33. The number of carbonyl (C=O) groups is 2. The Morgan fingerprint density at radius 1 is 1.11 bits per heavy atom. The van der Waals surface area contributed by atoms with Crippen LogP contribution >= 0.6 is 11.8 Å². The molecule has 0 bridgehead atoms. The molecule has 0 saturated heterocycles. The molecule has 1 aliphatic heterocycles. The molecule has 0 fully saturated rings. The zero-order chi connectivity index (χ0) is 24.9. The van der Waals surface area contributed by atoms with Gasteiger partial charge in [-0.2, -0.15) is 0 Å². The van der Waals surface area contributed by atoms with Crippen molar-refractivity contribution in [1.29, 1.82) is 0 Å². The van der Waals surface area contributed by atoms with Crippen molar-refractivity contribution in [2.75, 3.05) is 17.9 Å². The molecule has 9 nitrogen and oxygen atoms in total. The Kier molecular flexibility index (Phi) is 7.60. The Morgan fingerprint density at radius 3 is 2.66 bits per heavy atom. The summed E-state index contributed by atoms with van der Waals surface area (Å²) in [6.07, 6.45) is 0. The molecule has 1 unspecified atom stereocenters. The second-order valence-corrected chi connectivity index (χ2v) is 9.50. The van der Waals surface area contributed by atoms with Crippen LogP contribution in [-0.4, -0.2) is 39.1 Å². The molecule has 0 radical (unpaired) electrons. The van der Waals surface area contributed by atoms with Gasteiger partial charge in [-0.3, -0.25) is 9.59 Å². The minimum Gasteiger partial charge on any atom is -0.454 e. The molecule has 1 aliphatic rings. The van der Waals surface area contributed by atoms with Gasteiger partial charge in [0.1, 0.15) is 0 Å². The van der Waals surface area contributed by atoms with Gasteiger partial charge in [-0.1, -0.05) is 37.7 Å². The average molecular weight is 496 g/mol. The lowest BCUT2D eigenvalue weighted by Gasteiger charge is -2.22. The lowest BCUT2D eigenvalue weighted by atomic mass is 10.0. The summed E-state index contributed by atoms with van der Waals surface area (Å²) in [5, 5.41) is 15.3. The summed E-state index contributed by atoms with van der Waals surface area (Å²) in [6, 6.07) is 12.4. The fourth-order valence-electron chi connectivity index (χ4n) is 3.78. The Balaban J connectivity index is 1.45. The molecule has 2 heterocycles. The van der Waals surface area contributed by atoms with Crippen molar-refractivity contribution < 1.29 is 19.1 Å². The standard InChI is InChI=1S/C25H29N5O4S/c1-5-30-23(28-29-25(30)35-13-21(31)26-18-8-6-7-16(4)11-18)22(15(2)3)27-24(32)17-9-10-19-20(12-17)34-14-33-19/h6-12,15,22H,5,13-14H2,1-4H3,(H,26,31)(H,27,32). The summed E-state index contributed by atoms with van der Waals surface area (Å²) in [5.74, 6) is 1.73. The molecule has 4 rings (SSSR count). The first-order valence-corrected chi connectivity index (χ1v) is 12.5. The van der Waals surface area contributed by atoms with Crippen LogP contribution < -0.4 is 20.1 Å². The number of aryl methyl sites for hydroxylation is 1. The average Bonchev–Trinajstić information content (AvgIpc) is 3.46. The predicted molar refractivity (Wildman–Crippen MR) is 134 cm³/mol. The zero-order valence-corrected chi connectivity index (χ0v) is 21.0. The van der Waals surface area contributed by atoms with Crippen LogP contribution in [-0.2, 0) is 11.3 Å². The quantitative estimate of drug-likeness (QED) is 0.429. The molecule has 2 aromatic carbocycles. The third-order valence-electron chi connectivity index (χ3n) is 5.56. The number of aromatic nitrogens is 3. The van der Waals surface area contributed by atoms with Gasteiger partial charge in [0.2, 0.25) is 12.7 Å². The highest BCUT2D eigenvalue weighted by Gasteiger charge is 2.27. The maximum atomic E-state index is 13.0. The molecule has 2 N–H and O–H groups in total. The zero-order valence-electron chi connectivity index (χ0n) is 20.2. The maximum Gasteiger partial charge on any atom is 0.252 e. The molecular formula is C25H29N5O4S. The summed E-state index contributed by atoms with van der Waals surface area (Å²) in [5.41, 5.74) is 2.32. The monoisotopic (exact) mass is 495 g/mol. The van der Waals surface area contributed by atoms with Gasteiger partial charge in [-0.25, -0.2) is 0 Å². The first-order chi connectivity index (χ1) is 16.9. The third kappa shape index (κ3) is 5.76. The van der Waals surface area contributed by atoms with Gasteiger partial charge in [-0.15, -0.1) is 10.2 Å². The molecule has 3 aromatic rings. The molecule has 2 amide bonds. The molecule has 0 saturated carbocycles. The highest BCUT2D eigenvalue weighted by molar-refractivity contribution is 7.99. The van der Waals surface area contributed by atoms with E-state index in [1.165, 1.54) is 11.8 Å². The molecule has 35 heavy (non-hydrogen) atoms. The highest BCUT2D eigenvalue weighted by atomic mass is 32.2. The van der Waals surface area contributed by atoms with E-state index in [4.69, 9.17) is 9.47 Å². The second-order valence-electron chi connectivity index (χ2n) is 8.55. The van der Waals surface area contributed by atoms with Crippen molar-refractivity contribution in [1.82, 2.24) is 20.1 Å². The molecule has 1 atom stereocenters. The van der Waals surface area contributed by atoms with E-state index in [-0.39, 0.29) is 36.3 Å². The summed E-state index contributed by atoms with van der Waals surface area (Å²) in [4.78, 5) is 25.5. The van der Waals surface area contributed by atoms with Gasteiger partial charge < -0.3 is 24.7 Å². The second kappa shape index (κ2) is 10.8. The number of anilines is 1. The van der Waals surface area contributed by atoms with E-state index < -0.39 is 0 Å². The summed E-state index contributed by atoms with van der Waals surface area (Å²) < 4.78 is 12.7. The Labute approximate surface area is 208 Å². The van der Waals surface area contributed by atoms with E-state index in [1.807, 2.05) is 56.5 Å². The number of nitrogens with zero attached hydrogens (tertiary/aromatic N) is 3. The first-order valence-electron chi connectivity index (χ1n) is 11.5. The maximum absolute atomic E-state index is 13.0. The number of benzene rings is 2. The molecule has 10 heteroatoms. The lowest BCUT2D eigenvalue weighted by molar-refractivity contribution is -0.113. The van der Waals surface area contributed by atoms with Crippen molar-refractivity contribution in [3.8, 4) is 11.5 Å². The van der Waals surface area contributed by atoms with Crippen molar-refractivity contribution >= 4 is 29.3 Å². The van der Waals surface area contributed by atoms with E-state index in [0.29, 0.717) is 34.6 Å². The number of hydrogen-bond acceptors (Lipinski definition) is 7. The van der Waals surface area contributed by atoms with Crippen LogP contribution in [0.1, 0.15) is 48.6 Å². The first kappa shape index (κ1) is 24.6. The van der Waals surface area contributed by atoms with Crippen LogP contribution in [0.5, 0.6) is 11.5 Å². The molecular weight excluding hydrogens is 466 g/mol. The predicted octanol–water partition coefficient (Wildman–Crippen LogP) is 4.19. The normalized spacial score (nSPS) is 13.1. The van der Waals surface area contributed by atoms with Crippen molar-refractivity contribution in [3.05, 3.63) is 59.4 Å². The fourth-order valence-corrected chi connectivity index (χ4v) is 4.59. The van der Waals surface area contributed by atoms with Crippen molar-refractivity contribution in [2.24, 2.45) is 5.92 Å². The van der Waals surface area contributed by atoms with Gasteiger partial charge in [0.05, 0.1) is 11.8 Å². The Morgan fingerprint density at radius 2 is 1.91 bits per heavy atom. The van der Waals surface area contributed by atoms with Crippen LogP contribution in [0.3, 0.4) is 0 Å². The van der Waals surface area contributed by atoms with Gasteiger partial charge in [0.25, 0.3) is 5.91 Å². The molecule has 1 aromatic heterocycles. The number of nitrogens with one attached hydrogen (secondary N) is 2. The number of ether oxygens (including phenoxy) is 2. The van der Waals surface area contributed by atoms with E-state index >= 15 is 0 Å². The number of hydrogen-bond donors (Lipinski definition) is 2. The molecule has 184 valence electrons. The number of fused-ring (bicyclic) bond motifs is 1. The van der Waals surface area contributed by atoms with E-state index in [2.05, 4.69) is 20.8 Å². The van der Waals surface area contributed by atoms with E-state index in [0.717, 1.165) is 11.3 Å².